The molecule has 6 nitrogen and oxygen atoms in total. The van der Waals surface area contributed by atoms with Crippen molar-refractivity contribution in [1.29, 1.82) is 0 Å². The van der Waals surface area contributed by atoms with Gasteiger partial charge in [0.1, 0.15) is 5.75 Å². The molecular formula is C13H15ClN4O2. The van der Waals surface area contributed by atoms with Crippen molar-refractivity contribution in [2.24, 2.45) is 0 Å². The third-order valence-electron chi connectivity index (χ3n) is 2.43. The van der Waals surface area contributed by atoms with Crippen molar-refractivity contribution in [3.8, 4) is 17.8 Å². The predicted octanol–water partition coefficient (Wildman–Crippen LogP) is 3.07. The summed E-state index contributed by atoms with van der Waals surface area (Å²) in [5.41, 5.74) is 0.891. The van der Waals surface area contributed by atoms with Gasteiger partial charge in [0.2, 0.25) is 5.95 Å². The van der Waals surface area contributed by atoms with Crippen molar-refractivity contribution < 1.29 is 9.47 Å². The fourth-order valence-electron chi connectivity index (χ4n) is 1.51. The largest absolute Gasteiger partial charge is 0.464 e. The van der Waals surface area contributed by atoms with E-state index in [1.807, 2.05) is 13.8 Å². The summed E-state index contributed by atoms with van der Waals surface area (Å²) in [7, 11) is 1.71. The molecule has 1 aromatic carbocycles. The van der Waals surface area contributed by atoms with Gasteiger partial charge in [0.25, 0.3) is 0 Å². The van der Waals surface area contributed by atoms with Crippen LogP contribution in [0.25, 0.3) is 0 Å². The van der Waals surface area contributed by atoms with Gasteiger partial charge in [-0.1, -0.05) is 11.6 Å². The highest BCUT2D eigenvalue weighted by Crippen LogP contribution is 2.26. The van der Waals surface area contributed by atoms with E-state index in [0.29, 0.717) is 23.3 Å². The van der Waals surface area contributed by atoms with Gasteiger partial charge >= 0.3 is 12.0 Å². The Balaban J connectivity index is 2.29. The molecule has 0 aliphatic rings. The van der Waals surface area contributed by atoms with Crippen molar-refractivity contribution in [1.82, 2.24) is 15.0 Å². The van der Waals surface area contributed by atoms with E-state index in [1.54, 1.807) is 25.2 Å². The molecule has 1 N–H and O–H groups in total. The van der Waals surface area contributed by atoms with Gasteiger partial charge in [0.15, 0.2) is 0 Å². The van der Waals surface area contributed by atoms with E-state index in [1.165, 1.54) is 0 Å². The topological polar surface area (TPSA) is 69.2 Å². The first kappa shape index (κ1) is 14.3. The van der Waals surface area contributed by atoms with Crippen LogP contribution in [0.15, 0.2) is 18.2 Å². The molecule has 0 saturated carbocycles. The molecule has 7 heteroatoms. The number of nitrogens with zero attached hydrogens (tertiary/aromatic N) is 3. The Kier molecular flexibility index (Phi) is 4.57. The summed E-state index contributed by atoms with van der Waals surface area (Å²) >= 11 is 5.91. The number of benzene rings is 1. The van der Waals surface area contributed by atoms with Crippen LogP contribution in [0.1, 0.15) is 12.5 Å². The highest BCUT2D eigenvalue weighted by molar-refractivity contribution is 6.30. The molecule has 0 atom stereocenters. The first-order valence-corrected chi connectivity index (χ1v) is 6.50. The fraction of sp³-hybridized carbons (Fsp3) is 0.308. The summed E-state index contributed by atoms with van der Waals surface area (Å²) in [6.07, 6.45) is 0. The lowest BCUT2D eigenvalue weighted by molar-refractivity contribution is 0.303. The monoisotopic (exact) mass is 294 g/mol. The molecule has 1 heterocycles. The summed E-state index contributed by atoms with van der Waals surface area (Å²) in [4.78, 5) is 12.3. The van der Waals surface area contributed by atoms with Gasteiger partial charge in [-0.2, -0.15) is 9.97 Å². The third-order valence-corrected chi connectivity index (χ3v) is 2.66. The van der Waals surface area contributed by atoms with Crippen LogP contribution in [0.4, 0.5) is 5.95 Å². The molecule has 20 heavy (non-hydrogen) atoms. The van der Waals surface area contributed by atoms with Gasteiger partial charge in [-0.25, -0.2) is 0 Å². The zero-order chi connectivity index (χ0) is 14.5. The van der Waals surface area contributed by atoms with E-state index in [9.17, 15) is 0 Å². The molecule has 0 unspecified atom stereocenters. The van der Waals surface area contributed by atoms with Gasteiger partial charge in [-0.15, -0.1) is 4.98 Å². The normalized spacial score (nSPS) is 10.2. The number of aromatic nitrogens is 3. The lowest BCUT2D eigenvalue weighted by atomic mass is 10.2. The minimum absolute atomic E-state index is 0.165. The van der Waals surface area contributed by atoms with Crippen molar-refractivity contribution in [3.05, 3.63) is 28.8 Å². The van der Waals surface area contributed by atoms with Crippen LogP contribution in [0.5, 0.6) is 17.8 Å². The molecule has 0 amide bonds. The van der Waals surface area contributed by atoms with E-state index in [4.69, 9.17) is 21.1 Å². The van der Waals surface area contributed by atoms with Crippen molar-refractivity contribution in [2.75, 3.05) is 19.0 Å². The number of rotatable bonds is 5. The second kappa shape index (κ2) is 6.38. The first-order chi connectivity index (χ1) is 9.62. The Hall–Kier alpha value is -2.08. The Morgan fingerprint density at radius 2 is 1.95 bits per heavy atom. The van der Waals surface area contributed by atoms with Crippen LogP contribution in [0.2, 0.25) is 5.02 Å². The van der Waals surface area contributed by atoms with Gasteiger partial charge in [0, 0.05) is 12.1 Å². The average Bonchev–Trinajstić information content (AvgIpc) is 2.42. The van der Waals surface area contributed by atoms with Crippen molar-refractivity contribution in [2.45, 2.75) is 13.8 Å². The number of hydrogen-bond donors (Lipinski definition) is 1. The first-order valence-electron chi connectivity index (χ1n) is 6.13. The summed E-state index contributed by atoms with van der Waals surface area (Å²) in [5, 5.41) is 3.48. The van der Waals surface area contributed by atoms with Crippen LogP contribution >= 0.6 is 11.6 Å². The molecule has 2 rings (SSSR count). The van der Waals surface area contributed by atoms with E-state index < -0.39 is 0 Å². The Morgan fingerprint density at radius 1 is 1.20 bits per heavy atom. The SMILES string of the molecule is CCOc1nc(NC)nc(Oc2ccc(Cl)cc2C)n1. The van der Waals surface area contributed by atoms with Gasteiger partial charge in [0.05, 0.1) is 6.61 Å². The fourth-order valence-corrected chi connectivity index (χ4v) is 1.74. The Morgan fingerprint density at radius 3 is 2.60 bits per heavy atom. The molecule has 2 aromatic rings. The standard InChI is InChI=1S/C13H15ClN4O2/c1-4-19-12-16-11(15-3)17-13(18-12)20-10-6-5-9(14)7-8(10)2/h5-7H,4H2,1-3H3,(H,15,16,17,18). The van der Waals surface area contributed by atoms with Gasteiger partial charge in [-0.3, -0.25) is 0 Å². The maximum absolute atomic E-state index is 5.91. The van der Waals surface area contributed by atoms with Crippen LogP contribution < -0.4 is 14.8 Å². The highest BCUT2D eigenvalue weighted by atomic mass is 35.5. The molecule has 0 aliphatic carbocycles. The van der Waals surface area contributed by atoms with E-state index >= 15 is 0 Å². The highest BCUT2D eigenvalue weighted by Gasteiger charge is 2.10. The van der Waals surface area contributed by atoms with E-state index in [-0.39, 0.29) is 12.0 Å². The molecule has 0 spiro atoms. The summed E-state index contributed by atoms with van der Waals surface area (Å²) in [6, 6.07) is 5.70. The summed E-state index contributed by atoms with van der Waals surface area (Å²) < 4.78 is 10.9. The van der Waals surface area contributed by atoms with Crippen LogP contribution in [0.3, 0.4) is 0 Å². The zero-order valence-corrected chi connectivity index (χ0v) is 12.2. The van der Waals surface area contributed by atoms with Crippen LogP contribution in [-0.2, 0) is 0 Å². The maximum Gasteiger partial charge on any atom is 0.330 e. The molecule has 0 aliphatic heterocycles. The third kappa shape index (κ3) is 3.48. The second-order valence-electron chi connectivity index (χ2n) is 3.92. The minimum Gasteiger partial charge on any atom is -0.464 e. The van der Waals surface area contributed by atoms with Crippen molar-refractivity contribution in [3.63, 3.8) is 0 Å². The summed E-state index contributed by atoms with van der Waals surface area (Å²) in [6.45, 7) is 4.21. The average molecular weight is 295 g/mol. The van der Waals surface area contributed by atoms with Gasteiger partial charge in [-0.05, 0) is 37.6 Å². The van der Waals surface area contributed by atoms with E-state index in [2.05, 4.69) is 20.3 Å². The Bertz CT molecular complexity index is 607. The van der Waals surface area contributed by atoms with Crippen LogP contribution in [0, 0.1) is 6.92 Å². The zero-order valence-electron chi connectivity index (χ0n) is 11.5. The van der Waals surface area contributed by atoms with Crippen molar-refractivity contribution >= 4 is 17.5 Å². The maximum atomic E-state index is 5.91. The molecule has 0 bridgehead atoms. The van der Waals surface area contributed by atoms with Gasteiger partial charge < -0.3 is 14.8 Å². The number of halogens is 1. The molecule has 1 aromatic heterocycles. The minimum atomic E-state index is 0.165. The lowest BCUT2D eigenvalue weighted by Crippen LogP contribution is -2.05. The number of anilines is 1. The summed E-state index contributed by atoms with van der Waals surface area (Å²) in [5.74, 6) is 1.01. The molecule has 0 radical (unpaired) electrons. The predicted molar refractivity (Wildman–Crippen MR) is 76.8 cm³/mol. The van der Waals surface area contributed by atoms with Crippen LogP contribution in [-0.4, -0.2) is 28.6 Å². The molecule has 0 saturated heterocycles. The number of hydrogen-bond acceptors (Lipinski definition) is 6. The molecule has 0 fully saturated rings. The smallest absolute Gasteiger partial charge is 0.330 e. The Labute approximate surface area is 122 Å². The quantitative estimate of drug-likeness (QED) is 0.914. The number of aryl methyl sites for hydroxylation is 1. The second-order valence-corrected chi connectivity index (χ2v) is 4.36. The molecule has 106 valence electrons. The lowest BCUT2D eigenvalue weighted by Gasteiger charge is -2.09. The number of ether oxygens (including phenoxy) is 2. The molecular weight excluding hydrogens is 280 g/mol. The van der Waals surface area contributed by atoms with E-state index in [0.717, 1.165) is 5.56 Å². The number of nitrogens with one attached hydrogen (secondary N) is 1.